The van der Waals surface area contributed by atoms with E-state index in [1.807, 2.05) is 56.6 Å². The summed E-state index contributed by atoms with van der Waals surface area (Å²) in [6, 6.07) is 14.8. The summed E-state index contributed by atoms with van der Waals surface area (Å²) in [5, 5.41) is 18.1. The molecule has 37 heavy (non-hydrogen) atoms. The molecule has 0 aliphatic heterocycles. The van der Waals surface area contributed by atoms with Gasteiger partial charge in [-0.2, -0.15) is 10.1 Å². The first-order valence-corrected chi connectivity index (χ1v) is 12.2. The van der Waals surface area contributed by atoms with E-state index in [0.717, 1.165) is 23.2 Å². The van der Waals surface area contributed by atoms with Crippen LogP contribution in [-0.4, -0.2) is 71.5 Å². The van der Waals surface area contributed by atoms with E-state index in [2.05, 4.69) is 35.9 Å². The minimum Gasteiger partial charge on any atom is -0.492 e. The summed E-state index contributed by atoms with van der Waals surface area (Å²) < 4.78 is 11.1. The van der Waals surface area contributed by atoms with E-state index in [4.69, 9.17) is 9.26 Å². The quantitative estimate of drug-likeness (QED) is 0.234. The Labute approximate surface area is 214 Å². The SMILES string of the molecule is CN(C)CCOc1cccc(-c2noc(CCC(=O)NCCCNc3n[nH]c(=O)c4ccccc34)n2)c1. The summed E-state index contributed by atoms with van der Waals surface area (Å²) in [7, 11) is 3.99. The van der Waals surface area contributed by atoms with Crippen LogP contribution >= 0.6 is 0 Å². The lowest BCUT2D eigenvalue weighted by atomic mass is 10.2. The van der Waals surface area contributed by atoms with Gasteiger partial charge in [0.25, 0.3) is 5.56 Å². The van der Waals surface area contributed by atoms with Crippen molar-refractivity contribution in [2.24, 2.45) is 0 Å². The zero-order valence-electron chi connectivity index (χ0n) is 21.0. The van der Waals surface area contributed by atoms with Gasteiger partial charge >= 0.3 is 0 Å². The van der Waals surface area contributed by atoms with Crippen LogP contribution in [0.1, 0.15) is 18.7 Å². The van der Waals surface area contributed by atoms with E-state index in [1.165, 1.54) is 0 Å². The molecule has 1 amide bonds. The molecule has 0 radical (unpaired) electrons. The number of rotatable bonds is 13. The number of fused-ring (bicyclic) bond motifs is 1. The third-order valence-corrected chi connectivity index (χ3v) is 5.60. The van der Waals surface area contributed by atoms with Gasteiger partial charge in [0.05, 0.1) is 5.39 Å². The van der Waals surface area contributed by atoms with Gasteiger partial charge in [0.2, 0.25) is 17.6 Å². The molecule has 0 saturated heterocycles. The Kier molecular flexibility index (Phi) is 8.82. The van der Waals surface area contributed by atoms with Gasteiger partial charge in [0.15, 0.2) is 5.82 Å². The third kappa shape index (κ3) is 7.37. The fourth-order valence-corrected chi connectivity index (χ4v) is 3.63. The Bertz CT molecular complexity index is 1380. The predicted octanol–water partition coefficient (Wildman–Crippen LogP) is 2.46. The van der Waals surface area contributed by atoms with Gasteiger partial charge in [-0.1, -0.05) is 35.5 Å². The highest BCUT2D eigenvalue weighted by molar-refractivity contribution is 5.90. The van der Waals surface area contributed by atoms with Gasteiger partial charge in [0.1, 0.15) is 12.4 Å². The second kappa shape index (κ2) is 12.6. The number of aromatic amines is 1. The lowest BCUT2D eigenvalue weighted by Gasteiger charge is -2.11. The number of ether oxygens (including phenoxy) is 1. The maximum atomic E-state index is 12.2. The van der Waals surface area contributed by atoms with Gasteiger partial charge in [-0.15, -0.1) is 0 Å². The molecule has 2 aromatic carbocycles. The fourth-order valence-electron chi connectivity index (χ4n) is 3.63. The second-order valence-electron chi connectivity index (χ2n) is 8.77. The second-order valence-corrected chi connectivity index (χ2v) is 8.77. The minimum atomic E-state index is -0.222. The normalized spacial score (nSPS) is 11.1. The molecule has 2 aromatic heterocycles. The van der Waals surface area contributed by atoms with Crippen molar-refractivity contribution < 1.29 is 14.1 Å². The number of amides is 1. The van der Waals surface area contributed by atoms with Crippen molar-refractivity contribution in [3.63, 3.8) is 0 Å². The molecule has 0 spiro atoms. The monoisotopic (exact) mass is 505 g/mol. The van der Waals surface area contributed by atoms with Crippen LogP contribution < -0.4 is 20.9 Å². The van der Waals surface area contributed by atoms with E-state index in [1.54, 1.807) is 6.07 Å². The zero-order valence-corrected chi connectivity index (χ0v) is 21.0. The van der Waals surface area contributed by atoms with Crippen molar-refractivity contribution in [3.05, 3.63) is 64.8 Å². The van der Waals surface area contributed by atoms with E-state index < -0.39 is 0 Å². The molecule has 194 valence electrons. The van der Waals surface area contributed by atoms with Gasteiger partial charge in [-0.05, 0) is 38.7 Å². The predicted molar refractivity (Wildman–Crippen MR) is 141 cm³/mol. The summed E-state index contributed by atoms with van der Waals surface area (Å²) in [4.78, 5) is 30.6. The maximum Gasteiger partial charge on any atom is 0.272 e. The van der Waals surface area contributed by atoms with Crippen molar-refractivity contribution in [2.75, 3.05) is 45.7 Å². The summed E-state index contributed by atoms with van der Waals surface area (Å²) >= 11 is 0. The number of H-pyrrole nitrogens is 1. The average Bonchev–Trinajstić information content (AvgIpc) is 3.38. The number of aromatic nitrogens is 4. The van der Waals surface area contributed by atoms with Crippen molar-refractivity contribution in [2.45, 2.75) is 19.3 Å². The van der Waals surface area contributed by atoms with Crippen LogP contribution in [-0.2, 0) is 11.2 Å². The number of carbonyl (C=O) groups is 1. The molecule has 0 aliphatic rings. The van der Waals surface area contributed by atoms with Crippen molar-refractivity contribution in [1.29, 1.82) is 0 Å². The first-order chi connectivity index (χ1) is 18.0. The molecule has 0 bridgehead atoms. The maximum absolute atomic E-state index is 12.2. The number of anilines is 1. The molecule has 4 aromatic rings. The largest absolute Gasteiger partial charge is 0.492 e. The van der Waals surface area contributed by atoms with Gasteiger partial charge in [-0.25, -0.2) is 5.10 Å². The first-order valence-electron chi connectivity index (χ1n) is 12.2. The van der Waals surface area contributed by atoms with Crippen LogP contribution in [0.2, 0.25) is 0 Å². The van der Waals surface area contributed by atoms with Crippen LogP contribution in [0.15, 0.2) is 57.8 Å². The van der Waals surface area contributed by atoms with Crippen LogP contribution in [0.25, 0.3) is 22.2 Å². The lowest BCUT2D eigenvalue weighted by Crippen LogP contribution is -2.26. The molecule has 0 unspecified atom stereocenters. The summed E-state index contributed by atoms with van der Waals surface area (Å²) in [5.74, 6) is 2.12. The van der Waals surface area contributed by atoms with E-state index in [9.17, 15) is 9.59 Å². The number of hydrogen-bond donors (Lipinski definition) is 3. The van der Waals surface area contributed by atoms with Crippen LogP contribution in [0.3, 0.4) is 0 Å². The standard InChI is InChI=1S/C26H31N7O4/c1-33(2)15-16-36-19-8-5-7-18(17-19)24-29-23(37-32-24)12-11-22(34)27-13-6-14-28-25-20-9-3-4-10-21(20)26(35)31-30-25/h3-5,7-10,17H,6,11-16H2,1-2H3,(H,27,34)(H,28,30)(H,31,35). The van der Waals surface area contributed by atoms with Gasteiger partial charge < -0.3 is 24.8 Å². The Morgan fingerprint density at radius 3 is 2.78 bits per heavy atom. The van der Waals surface area contributed by atoms with Crippen molar-refractivity contribution in [3.8, 4) is 17.1 Å². The number of nitrogens with one attached hydrogen (secondary N) is 3. The van der Waals surface area contributed by atoms with Gasteiger partial charge in [0, 0.05) is 43.4 Å². The number of benzene rings is 2. The number of aryl methyl sites for hydroxylation is 1. The van der Waals surface area contributed by atoms with Crippen LogP contribution in [0.5, 0.6) is 5.75 Å². The summed E-state index contributed by atoms with van der Waals surface area (Å²) in [6.45, 7) is 2.50. The zero-order chi connectivity index (χ0) is 26.0. The Balaban J connectivity index is 1.18. The molecule has 3 N–H and O–H groups in total. The Morgan fingerprint density at radius 2 is 1.95 bits per heavy atom. The lowest BCUT2D eigenvalue weighted by molar-refractivity contribution is -0.121. The van der Waals surface area contributed by atoms with E-state index in [-0.39, 0.29) is 17.9 Å². The molecule has 4 rings (SSSR count). The number of carbonyl (C=O) groups excluding carboxylic acids is 1. The summed E-state index contributed by atoms with van der Waals surface area (Å²) in [6.07, 6.45) is 1.29. The number of likely N-dealkylation sites (N-methyl/N-ethyl adjacent to an activating group) is 1. The van der Waals surface area contributed by atoms with Crippen molar-refractivity contribution >= 4 is 22.5 Å². The Morgan fingerprint density at radius 1 is 1.11 bits per heavy atom. The minimum absolute atomic E-state index is 0.0938. The molecule has 11 nitrogen and oxygen atoms in total. The van der Waals surface area contributed by atoms with E-state index >= 15 is 0 Å². The molecular formula is C26H31N7O4. The molecular weight excluding hydrogens is 474 g/mol. The molecule has 0 fully saturated rings. The number of nitrogens with zero attached hydrogens (tertiary/aromatic N) is 4. The topological polar surface area (TPSA) is 138 Å². The highest BCUT2D eigenvalue weighted by Crippen LogP contribution is 2.22. The van der Waals surface area contributed by atoms with E-state index in [0.29, 0.717) is 55.5 Å². The third-order valence-electron chi connectivity index (χ3n) is 5.60. The first kappa shape index (κ1) is 25.8. The molecule has 0 saturated carbocycles. The molecule has 0 atom stereocenters. The molecule has 0 aliphatic carbocycles. The van der Waals surface area contributed by atoms with Crippen LogP contribution in [0.4, 0.5) is 5.82 Å². The van der Waals surface area contributed by atoms with Crippen LogP contribution in [0, 0.1) is 0 Å². The fraction of sp³-hybridized carbons (Fsp3) is 0.346. The van der Waals surface area contributed by atoms with Crippen molar-refractivity contribution in [1.82, 2.24) is 30.6 Å². The number of hydrogen-bond acceptors (Lipinski definition) is 9. The Hall–Kier alpha value is -4.25. The summed E-state index contributed by atoms with van der Waals surface area (Å²) in [5.41, 5.74) is 0.569. The molecule has 11 heteroatoms. The highest BCUT2D eigenvalue weighted by Gasteiger charge is 2.12. The average molecular weight is 506 g/mol. The molecule has 2 heterocycles. The smallest absolute Gasteiger partial charge is 0.272 e. The highest BCUT2D eigenvalue weighted by atomic mass is 16.5. The van der Waals surface area contributed by atoms with Gasteiger partial charge in [-0.3, -0.25) is 9.59 Å².